The molecule has 1 aromatic heterocycles. The van der Waals surface area contributed by atoms with Crippen molar-refractivity contribution in [1.29, 1.82) is 0 Å². The summed E-state index contributed by atoms with van der Waals surface area (Å²) in [4.78, 5) is 19.5. The summed E-state index contributed by atoms with van der Waals surface area (Å²) in [7, 11) is -2.80. The molecule has 0 saturated carbocycles. The number of allylic oxidation sites excluding steroid dienone is 3. The van der Waals surface area contributed by atoms with Crippen molar-refractivity contribution in [2.24, 2.45) is 0 Å². The van der Waals surface area contributed by atoms with E-state index in [4.69, 9.17) is 28.2 Å². The standard InChI is InChI=1S/C47H63N3O12S/c1-8-48(23-24-58-27-28-60-30-29-59-26-25-57-7)34-16-18-37-38(46(2,3)4)32-35(61-41(37)31-34)13-12-14-42-47(5,6)39-33-36(63(54,55)56)17-19-40(39)49(42)22-11-9-10-15-45(53)62-50-43(51)20-21-44(50)52/h12-14,16-21,31-33H,8-11,15,22-30H2,1-7H3,(H2-,51,52,54,55,56)/p+1. The second-order valence-corrected chi connectivity index (χ2v) is 18.3. The lowest BCUT2D eigenvalue weighted by molar-refractivity contribution is -0.145. The van der Waals surface area contributed by atoms with Gasteiger partial charge in [0.2, 0.25) is 17.1 Å². The van der Waals surface area contributed by atoms with Crippen molar-refractivity contribution in [2.45, 2.75) is 83.0 Å². The molecule has 3 N–H and O–H groups in total. The van der Waals surface area contributed by atoms with E-state index in [9.17, 15) is 28.0 Å². The van der Waals surface area contributed by atoms with Gasteiger partial charge in [0, 0.05) is 60.6 Å². The number of hydrogen-bond donors (Lipinski definition) is 3. The van der Waals surface area contributed by atoms with Gasteiger partial charge >= 0.3 is 5.97 Å². The molecule has 0 bridgehead atoms. The third kappa shape index (κ3) is 13.1. The van der Waals surface area contributed by atoms with Gasteiger partial charge in [-0.15, -0.1) is 4.73 Å². The molecule has 1 aromatic carbocycles. The molecule has 0 saturated heterocycles. The van der Waals surface area contributed by atoms with Crippen molar-refractivity contribution in [1.82, 2.24) is 9.31 Å². The first-order valence-electron chi connectivity index (χ1n) is 21.4. The summed E-state index contributed by atoms with van der Waals surface area (Å²) in [5, 5.41) is 20.6. The summed E-state index contributed by atoms with van der Waals surface area (Å²) in [6, 6.07) is 15.5. The first kappa shape index (κ1) is 49.1. The van der Waals surface area contributed by atoms with E-state index in [-0.39, 0.29) is 28.5 Å². The molecule has 0 unspecified atom stereocenters. The number of aromatic hydroxyl groups is 2. The number of benzene rings is 2. The maximum absolute atomic E-state index is 12.4. The Labute approximate surface area is 370 Å². The Morgan fingerprint density at radius 1 is 0.873 bits per heavy atom. The molecule has 0 fully saturated rings. The third-order valence-corrected chi connectivity index (χ3v) is 11.8. The number of rotatable bonds is 23. The Bertz CT molecular complexity index is 2350. The minimum absolute atomic E-state index is 0.0733. The largest absolute Gasteiger partial charge is 0.492 e. The van der Waals surface area contributed by atoms with Gasteiger partial charge in [-0.05, 0) is 78.8 Å². The lowest BCUT2D eigenvalue weighted by Crippen LogP contribution is -2.33. The molecule has 0 spiro atoms. The second kappa shape index (κ2) is 22.1. The highest BCUT2D eigenvalue weighted by Crippen LogP contribution is 2.48. The van der Waals surface area contributed by atoms with Gasteiger partial charge in [-0.2, -0.15) is 8.42 Å². The monoisotopic (exact) mass is 894 g/mol. The smallest absolute Gasteiger partial charge is 0.333 e. The molecular weight excluding hydrogens is 831 g/mol. The summed E-state index contributed by atoms with van der Waals surface area (Å²) in [6.07, 6.45) is 7.80. The number of fused-ring (bicyclic) bond motifs is 2. The summed E-state index contributed by atoms with van der Waals surface area (Å²) < 4.78 is 65.6. The zero-order valence-corrected chi connectivity index (χ0v) is 38.4. The summed E-state index contributed by atoms with van der Waals surface area (Å²) in [5.41, 5.74) is 3.82. The average molecular weight is 895 g/mol. The number of anilines is 1. The number of hydrogen-bond acceptors (Lipinski definition) is 12. The SMILES string of the molecule is CC[N+](CCOCCOCCOCCOC)=c1ccc2c(C(C)(C)C)cc(C=CC=C3N(CCCCCC(=O)On4c(O)ccc4O)c4ccc(S(=O)(=O)O)cc4C3(C)C)oc-2c1. The van der Waals surface area contributed by atoms with E-state index in [0.29, 0.717) is 89.1 Å². The molecule has 2 aliphatic heterocycles. The Balaban J connectivity index is 1.34. The zero-order valence-electron chi connectivity index (χ0n) is 37.6. The molecular formula is C47H64N3O12S+. The van der Waals surface area contributed by atoms with Crippen LogP contribution in [0.25, 0.3) is 17.4 Å². The van der Waals surface area contributed by atoms with E-state index in [2.05, 4.69) is 61.4 Å². The van der Waals surface area contributed by atoms with E-state index >= 15 is 0 Å². The van der Waals surface area contributed by atoms with Crippen LogP contribution in [0.2, 0.25) is 0 Å². The van der Waals surface area contributed by atoms with Crippen LogP contribution in [0.5, 0.6) is 11.8 Å². The number of likely N-dealkylation sites (N-methyl/N-ethyl adjacent to an activating group) is 1. The predicted molar refractivity (Wildman–Crippen MR) is 241 cm³/mol. The van der Waals surface area contributed by atoms with E-state index < -0.39 is 21.5 Å². The molecule has 15 nitrogen and oxygen atoms in total. The summed E-state index contributed by atoms with van der Waals surface area (Å²) >= 11 is 0. The van der Waals surface area contributed by atoms with E-state index in [1.54, 1.807) is 13.2 Å². The van der Waals surface area contributed by atoms with Crippen LogP contribution in [0.4, 0.5) is 5.69 Å². The first-order chi connectivity index (χ1) is 29.9. The van der Waals surface area contributed by atoms with Crippen molar-refractivity contribution in [2.75, 3.05) is 77.9 Å². The lowest BCUT2D eigenvalue weighted by Gasteiger charge is -2.27. The highest BCUT2D eigenvalue weighted by atomic mass is 32.2. The van der Waals surface area contributed by atoms with Gasteiger partial charge in [-0.1, -0.05) is 47.1 Å². The van der Waals surface area contributed by atoms with Crippen LogP contribution in [0.1, 0.15) is 84.1 Å². The maximum Gasteiger partial charge on any atom is 0.333 e. The van der Waals surface area contributed by atoms with Crippen molar-refractivity contribution in [3.8, 4) is 23.1 Å². The molecule has 0 atom stereocenters. The van der Waals surface area contributed by atoms with Crippen molar-refractivity contribution in [3.63, 3.8) is 0 Å². The highest BCUT2D eigenvalue weighted by molar-refractivity contribution is 7.85. The van der Waals surface area contributed by atoms with E-state index in [0.717, 1.165) is 45.7 Å². The number of carbonyl (C=O) groups excluding carboxylic acids is 1. The Morgan fingerprint density at radius 2 is 1.54 bits per heavy atom. The van der Waals surface area contributed by atoms with Gasteiger partial charge in [0.05, 0.1) is 50.6 Å². The van der Waals surface area contributed by atoms with Gasteiger partial charge in [0.15, 0.2) is 6.54 Å². The molecule has 0 amide bonds. The van der Waals surface area contributed by atoms with Crippen LogP contribution in [0.15, 0.2) is 81.8 Å². The van der Waals surface area contributed by atoms with Gasteiger partial charge in [0.1, 0.15) is 24.7 Å². The van der Waals surface area contributed by atoms with Crippen molar-refractivity contribution >= 4 is 27.9 Å². The minimum atomic E-state index is -4.44. The fourth-order valence-electron chi connectivity index (χ4n) is 7.57. The number of ether oxygens (including phenoxy) is 4. The van der Waals surface area contributed by atoms with Crippen LogP contribution in [-0.2, 0) is 44.7 Å². The second-order valence-electron chi connectivity index (χ2n) is 16.9. The van der Waals surface area contributed by atoms with E-state index in [1.165, 1.54) is 24.3 Å². The van der Waals surface area contributed by atoms with Gasteiger partial charge in [0.25, 0.3) is 10.1 Å². The summed E-state index contributed by atoms with van der Waals surface area (Å²) in [5.74, 6) is 0.0583. The quantitative estimate of drug-likeness (QED) is 0.0415. The topological polar surface area (TPSA) is 182 Å². The molecule has 63 heavy (non-hydrogen) atoms. The molecule has 0 radical (unpaired) electrons. The zero-order chi connectivity index (χ0) is 45.8. The molecule has 3 aliphatic rings. The fourth-order valence-corrected chi connectivity index (χ4v) is 8.08. The van der Waals surface area contributed by atoms with E-state index in [1.807, 2.05) is 32.1 Å². The average Bonchev–Trinajstić information content (AvgIpc) is 3.65. The highest BCUT2D eigenvalue weighted by Gasteiger charge is 2.40. The third-order valence-electron chi connectivity index (χ3n) is 10.9. The number of methoxy groups -OCH3 is 1. The molecule has 344 valence electrons. The first-order valence-corrected chi connectivity index (χ1v) is 22.9. The Hall–Kier alpha value is -4.97. The number of nitrogens with zero attached hydrogens (tertiary/aromatic N) is 3. The van der Waals surface area contributed by atoms with Crippen LogP contribution in [0, 0.1) is 0 Å². The van der Waals surface area contributed by atoms with Crippen LogP contribution in [-0.4, -0.2) is 107 Å². The normalized spacial score (nSPS) is 15.2. The van der Waals surface area contributed by atoms with Crippen LogP contribution >= 0.6 is 0 Å². The van der Waals surface area contributed by atoms with Gasteiger partial charge < -0.3 is 43.3 Å². The number of unbranched alkanes of at least 4 members (excludes halogenated alkanes) is 2. The molecule has 5 rings (SSSR count). The molecule has 3 heterocycles. The molecule has 1 aliphatic carbocycles. The molecule has 16 heteroatoms. The van der Waals surface area contributed by atoms with Gasteiger partial charge in [-0.3, -0.25) is 4.55 Å². The van der Waals surface area contributed by atoms with Crippen molar-refractivity contribution in [3.05, 3.63) is 94.7 Å². The van der Waals surface area contributed by atoms with Crippen LogP contribution < -0.4 is 19.7 Å². The lowest BCUT2D eigenvalue weighted by atomic mass is 9.82. The van der Waals surface area contributed by atoms with Gasteiger partial charge in [-0.25, -0.2) is 9.37 Å². The number of carbonyl (C=O) groups is 1. The van der Waals surface area contributed by atoms with Crippen LogP contribution in [0.3, 0.4) is 0 Å². The summed E-state index contributed by atoms with van der Waals surface area (Å²) in [6.45, 7) is 18.4. The fraction of sp³-hybridized carbons (Fsp3) is 0.489. The number of aromatic nitrogens is 1. The maximum atomic E-state index is 12.4. The Kier molecular flexibility index (Phi) is 17.2. The molecule has 2 aromatic rings. The minimum Gasteiger partial charge on any atom is -0.492 e. The Morgan fingerprint density at radius 3 is 2.17 bits per heavy atom. The van der Waals surface area contributed by atoms with Crippen molar-refractivity contribution < 1.29 is 56.2 Å². The predicted octanol–water partition coefficient (Wildman–Crippen LogP) is 6.54.